The summed E-state index contributed by atoms with van der Waals surface area (Å²) in [6.45, 7) is 14.4. The van der Waals surface area contributed by atoms with Gasteiger partial charge in [-0.05, 0) is 85.4 Å². The number of hydrogen-bond acceptors (Lipinski definition) is 4. The predicted octanol–water partition coefficient (Wildman–Crippen LogP) is 6.84. The number of carbonyl (C=O) groups is 1. The first-order valence-corrected chi connectivity index (χ1v) is 15.0. The molecule has 1 heterocycles. The third-order valence-corrected chi connectivity index (χ3v) is 7.78. The van der Waals surface area contributed by atoms with Crippen LogP contribution in [-0.2, 0) is 11.2 Å². The Morgan fingerprint density at radius 2 is 1.72 bits per heavy atom. The second-order valence-corrected chi connectivity index (χ2v) is 12.2. The summed E-state index contributed by atoms with van der Waals surface area (Å²) >= 11 is 0. The molecule has 2 aromatic carbocycles. The van der Waals surface area contributed by atoms with E-state index in [-0.39, 0.29) is 24.0 Å². The normalized spacial score (nSPS) is 17.0. The predicted molar refractivity (Wildman–Crippen MR) is 163 cm³/mol. The summed E-state index contributed by atoms with van der Waals surface area (Å²) in [5, 5.41) is 9.53. The van der Waals surface area contributed by atoms with Crippen molar-refractivity contribution in [2.45, 2.75) is 84.8 Å². The first-order valence-electron chi connectivity index (χ1n) is 15.0. The van der Waals surface area contributed by atoms with Gasteiger partial charge in [0.2, 0.25) is 5.91 Å². The number of fused-ring (bicyclic) bond motifs is 2. The molecule has 210 valence electrons. The molecule has 0 saturated heterocycles. The number of nitrogens with one attached hydrogen (secondary N) is 2. The molecule has 0 radical (unpaired) electrons. The lowest BCUT2D eigenvalue weighted by Gasteiger charge is -2.31. The van der Waals surface area contributed by atoms with E-state index < -0.39 is 0 Å². The molecule has 0 bridgehead atoms. The van der Waals surface area contributed by atoms with Gasteiger partial charge in [-0.3, -0.25) is 15.1 Å². The Balaban J connectivity index is 1.49. The largest absolute Gasteiger partial charge is 0.348 e. The van der Waals surface area contributed by atoms with Crippen molar-refractivity contribution in [3.8, 4) is 0 Å². The van der Waals surface area contributed by atoms with Crippen molar-refractivity contribution in [2.24, 2.45) is 11.8 Å². The maximum absolute atomic E-state index is 13.9. The number of aromatic nitrogens is 1. The number of pyridine rings is 1. The van der Waals surface area contributed by atoms with E-state index in [0.717, 1.165) is 63.0 Å². The molecular weight excluding hydrogens is 480 g/mol. The molecule has 0 saturated carbocycles. The summed E-state index contributed by atoms with van der Waals surface area (Å²) in [6.07, 6.45) is 6.86. The topological polar surface area (TPSA) is 57.3 Å². The number of aryl methyl sites for hydroxylation is 1. The Labute approximate surface area is 235 Å². The minimum absolute atomic E-state index is 0.0805. The highest BCUT2D eigenvalue weighted by molar-refractivity contribution is 5.87. The average Bonchev–Trinajstić information content (AvgIpc) is 2.91. The Hall–Kier alpha value is -2.76. The highest BCUT2D eigenvalue weighted by Gasteiger charge is 2.28. The van der Waals surface area contributed by atoms with Crippen molar-refractivity contribution < 1.29 is 4.79 Å². The zero-order valence-corrected chi connectivity index (χ0v) is 24.6. The minimum atomic E-state index is -0.264. The molecule has 4 rings (SSSR count). The Kier molecular flexibility index (Phi) is 10.5. The fraction of sp³-hybridized carbons (Fsp3) is 0.529. The second kappa shape index (κ2) is 14.0. The molecule has 0 spiro atoms. The van der Waals surface area contributed by atoms with Gasteiger partial charge in [0.25, 0.3) is 0 Å². The zero-order chi connectivity index (χ0) is 27.8. The van der Waals surface area contributed by atoms with E-state index in [4.69, 9.17) is 4.98 Å². The maximum atomic E-state index is 13.9. The third kappa shape index (κ3) is 8.12. The smallest absolute Gasteiger partial charge is 0.237 e. The number of amides is 1. The highest BCUT2D eigenvalue weighted by atomic mass is 16.2. The molecule has 5 nitrogen and oxygen atoms in total. The fourth-order valence-corrected chi connectivity index (χ4v) is 6.13. The molecule has 0 fully saturated rings. The van der Waals surface area contributed by atoms with Crippen molar-refractivity contribution in [3.63, 3.8) is 0 Å². The molecular formula is C34H48N4O. The van der Waals surface area contributed by atoms with Gasteiger partial charge < -0.3 is 10.2 Å². The van der Waals surface area contributed by atoms with Crippen molar-refractivity contribution in [2.75, 3.05) is 19.6 Å². The van der Waals surface area contributed by atoms with Crippen LogP contribution >= 0.6 is 0 Å². The van der Waals surface area contributed by atoms with Crippen LogP contribution in [0.4, 0.5) is 0 Å². The van der Waals surface area contributed by atoms with Crippen LogP contribution in [0.1, 0.15) is 89.2 Å². The van der Waals surface area contributed by atoms with Crippen molar-refractivity contribution in [3.05, 3.63) is 77.6 Å². The molecule has 2 N–H and O–H groups in total. The van der Waals surface area contributed by atoms with Gasteiger partial charge in [-0.2, -0.15) is 0 Å². The summed E-state index contributed by atoms with van der Waals surface area (Å²) in [7, 11) is 0. The van der Waals surface area contributed by atoms with Crippen LogP contribution in [0.5, 0.6) is 0 Å². The Bertz CT molecular complexity index is 1190. The van der Waals surface area contributed by atoms with E-state index >= 15 is 0 Å². The molecule has 39 heavy (non-hydrogen) atoms. The van der Waals surface area contributed by atoms with Gasteiger partial charge in [-0.15, -0.1) is 0 Å². The fourth-order valence-electron chi connectivity index (χ4n) is 6.13. The van der Waals surface area contributed by atoms with Crippen LogP contribution < -0.4 is 10.6 Å². The molecule has 1 amide bonds. The molecule has 3 aromatic rings. The van der Waals surface area contributed by atoms with Gasteiger partial charge in [-0.25, -0.2) is 0 Å². The van der Waals surface area contributed by atoms with Gasteiger partial charge in [0.15, 0.2) is 0 Å². The van der Waals surface area contributed by atoms with Crippen LogP contribution in [0.3, 0.4) is 0 Å². The summed E-state index contributed by atoms with van der Waals surface area (Å²) in [4.78, 5) is 21.2. The molecule has 0 aliphatic heterocycles. The summed E-state index contributed by atoms with van der Waals surface area (Å²) in [6, 6.07) is 18.7. The van der Waals surface area contributed by atoms with Crippen LogP contribution in [0.25, 0.3) is 10.8 Å². The quantitative estimate of drug-likeness (QED) is 0.255. The van der Waals surface area contributed by atoms with Gasteiger partial charge in [0.05, 0.1) is 23.8 Å². The van der Waals surface area contributed by atoms with Crippen LogP contribution in [-0.4, -0.2) is 41.5 Å². The lowest BCUT2D eigenvalue weighted by atomic mass is 9.91. The monoisotopic (exact) mass is 528 g/mol. The summed E-state index contributed by atoms with van der Waals surface area (Å²) < 4.78 is 0. The van der Waals surface area contributed by atoms with Crippen LogP contribution in [0.15, 0.2) is 60.8 Å². The maximum Gasteiger partial charge on any atom is 0.237 e. The second-order valence-electron chi connectivity index (χ2n) is 12.2. The summed E-state index contributed by atoms with van der Waals surface area (Å²) in [5.41, 5.74) is 3.58. The molecule has 5 heteroatoms. The number of benzene rings is 2. The van der Waals surface area contributed by atoms with Crippen molar-refractivity contribution in [1.29, 1.82) is 0 Å². The minimum Gasteiger partial charge on any atom is -0.348 e. The van der Waals surface area contributed by atoms with Gasteiger partial charge in [0, 0.05) is 19.3 Å². The van der Waals surface area contributed by atoms with E-state index in [1.165, 1.54) is 16.3 Å². The lowest BCUT2D eigenvalue weighted by molar-refractivity contribution is -0.124. The molecule has 1 aliphatic rings. The average molecular weight is 529 g/mol. The molecule has 3 atom stereocenters. The third-order valence-electron chi connectivity index (χ3n) is 7.78. The first-order chi connectivity index (χ1) is 18.8. The summed E-state index contributed by atoms with van der Waals surface area (Å²) in [5.74, 6) is 1.34. The SMILES string of the molecule is CC(C)CN(CCCC(NC1CCCc2cccnc21)C(=O)NC(C)c1cccc2ccccc12)CC(C)C. The van der Waals surface area contributed by atoms with Crippen LogP contribution in [0.2, 0.25) is 0 Å². The number of hydrogen-bond donors (Lipinski definition) is 2. The molecule has 3 unspecified atom stereocenters. The van der Waals surface area contributed by atoms with E-state index in [1.807, 2.05) is 12.3 Å². The van der Waals surface area contributed by atoms with Gasteiger partial charge in [0.1, 0.15) is 0 Å². The number of rotatable bonds is 13. The Morgan fingerprint density at radius 1 is 0.974 bits per heavy atom. The lowest BCUT2D eigenvalue weighted by Crippen LogP contribution is -2.47. The van der Waals surface area contributed by atoms with Crippen molar-refractivity contribution >= 4 is 16.7 Å². The van der Waals surface area contributed by atoms with E-state index in [1.54, 1.807) is 0 Å². The standard InChI is InChI=1S/C34H48N4O/c1-24(2)22-38(23-25(3)4)21-11-19-32(37-31-18-9-14-28-15-10-20-35-33(28)31)34(39)36-26(5)29-17-8-13-27-12-6-7-16-30(27)29/h6-8,10,12-13,15-17,20,24-26,31-32,37H,9,11,14,18-19,21-23H2,1-5H3,(H,36,39). The van der Waals surface area contributed by atoms with Gasteiger partial charge >= 0.3 is 0 Å². The van der Waals surface area contributed by atoms with E-state index in [0.29, 0.717) is 11.8 Å². The Morgan fingerprint density at radius 3 is 2.49 bits per heavy atom. The van der Waals surface area contributed by atoms with E-state index in [9.17, 15) is 4.79 Å². The number of carbonyl (C=O) groups excluding carboxylic acids is 1. The van der Waals surface area contributed by atoms with E-state index in [2.05, 4.69) is 98.7 Å². The number of nitrogens with zero attached hydrogens (tertiary/aromatic N) is 2. The highest BCUT2D eigenvalue weighted by Crippen LogP contribution is 2.29. The zero-order valence-electron chi connectivity index (χ0n) is 24.6. The molecule has 1 aliphatic carbocycles. The first kappa shape index (κ1) is 29.2. The van der Waals surface area contributed by atoms with Crippen LogP contribution in [0, 0.1) is 11.8 Å². The van der Waals surface area contributed by atoms with Gasteiger partial charge in [-0.1, -0.05) is 76.2 Å². The van der Waals surface area contributed by atoms with Crippen molar-refractivity contribution in [1.82, 2.24) is 20.5 Å². The molecule has 1 aromatic heterocycles.